The van der Waals surface area contributed by atoms with Gasteiger partial charge in [-0.05, 0) is 70.7 Å². The van der Waals surface area contributed by atoms with Crippen LogP contribution in [0, 0.1) is 13.8 Å². The molecule has 0 saturated carbocycles. The number of phenols is 1. The van der Waals surface area contributed by atoms with Crippen LogP contribution in [0.25, 0.3) is 22.1 Å². The molecule has 2 heterocycles. The molecule has 0 bridgehead atoms. The predicted octanol–water partition coefficient (Wildman–Crippen LogP) is 3.55. The van der Waals surface area contributed by atoms with E-state index in [4.69, 9.17) is 4.74 Å². The molecule has 0 saturated heterocycles. The van der Waals surface area contributed by atoms with Gasteiger partial charge in [0.05, 0.1) is 17.2 Å². The number of phenolic OH excluding ortho intramolecular Hbond substituents is 1. The number of fused-ring (bicyclic) bond motifs is 3. The zero-order chi connectivity index (χ0) is 18.6. The lowest BCUT2D eigenvalue weighted by Crippen LogP contribution is -2.22. The number of aromatic nitrogens is 2. The number of nitrogens with zero attached hydrogens (tertiary/aromatic N) is 2. The zero-order valence-electron chi connectivity index (χ0n) is 14.3. The molecule has 0 fully saturated rings. The minimum absolute atomic E-state index is 0.0645. The molecule has 2 aromatic heterocycles. The number of benzene rings is 2. The number of aryl methyl sites for hydroxylation is 1. The molecule has 0 aliphatic heterocycles. The molecule has 26 heavy (non-hydrogen) atoms. The lowest BCUT2D eigenvalue weighted by molar-refractivity contribution is 0.373. The summed E-state index contributed by atoms with van der Waals surface area (Å²) in [6, 6.07) is 6.98. The highest BCUT2D eigenvalue weighted by atomic mass is 79.9. The van der Waals surface area contributed by atoms with Crippen molar-refractivity contribution in [2.24, 2.45) is 0 Å². The van der Waals surface area contributed by atoms with Crippen molar-refractivity contribution in [2.75, 3.05) is 7.11 Å². The van der Waals surface area contributed by atoms with E-state index in [0.717, 1.165) is 32.2 Å². The lowest BCUT2D eigenvalue weighted by Gasteiger charge is -2.03. The van der Waals surface area contributed by atoms with E-state index in [1.165, 1.54) is 18.4 Å². The summed E-state index contributed by atoms with van der Waals surface area (Å²) in [4.78, 5) is 18.2. The van der Waals surface area contributed by atoms with Crippen LogP contribution in [-0.2, 0) is 0 Å². The van der Waals surface area contributed by atoms with Gasteiger partial charge in [-0.2, -0.15) is 0 Å². The number of thiazole rings is 1. The summed E-state index contributed by atoms with van der Waals surface area (Å²) < 4.78 is 8.29. The van der Waals surface area contributed by atoms with Crippen molar-refractivity contribution in [2.45, 2.75) is 13.8 Å². The number of halogens is 1. The quantitative estimate of drug-likeness (QED) is 0.528. The first-order valence-corrected chi connectivity index (χ1v) is 9.51. The Labute approximate surface area is 161 Å². The minimum atomic E-state index is -0.102. The average molecular weight is 431 g/mol. The molecule has 0 radical (unpaired) electrons. The third-order valence-corrected chi connectivity index (χ3v) is 6.42. The fraction of sp³-hybridized carbons (Fsp3) is 0.158. The van der Waals surface area contributed by atoms with Crippen LogP contribution in [0.4, 0.5) is 0 Å². The van der Waals surface area contributed by atoms with Gasteiger partial charge in [-0.15, -0.1) is 0 Å². The highest BCUT2D eigenvalue weighted by Crippen LogP contribution is 2.30. The third-order valence-electron chi connectivity index (χ3n) is 4.48. The second-order valence-corrected chi connectivity index (χ2v) is 7.88. The Bertz CT molecular complexity index is 1290. The van der Waals surface area contributed by atoms with Crippen molar-refractivity contribution < 1.29 is 9.84 Å². The molecule has 0 unspecified atom stereocenters. The van der Waals surface area contributed by atoms with Gasteiger partial charge in [-0.25, -0.2) is 9.38 Å². The minimum Gasteiger partial charge on any atom is -0.504 e. The Balaban J connectivity index is 1.99. The molecular formula is C19H15BrN2O3S. The highest BCUT2D eigenvalue weighted by Gasteiger charge is 2.16. The van der Waals surface area contributed by atoms with Gasteiger partial charge < -0.3 is 9.84 Å². The van der Waals surface area contributed by atoms with Crippen molar-refractivity contribution >= 4 is 49.3 Å². The summed E-state index contributed by atoms with van der Waals surface area (Å²) in [6.45, 7) is 4.05. The van der Waals surface area contributed by atoms with Crippen LogP contribution in [0.5, 0.6) is 11.5 Å². The fourth-order valence-corrected chi connectivity index (χ4v) is 4.50. The van der Waals surface area contributed by atoms with Crippen molar-refractivity contribution in [3.8, 4) is 11.5 Å². The smallest absolute Gasteiger partial charge is 0.274 e. The first kappa shape index (κ1) is 17.1. The predicted molar refractivity (Wildman–Crippen MR) is 107 cm³/mol. The van der Waals surface area contributed by atoms with Crippen LogP contribution >= 0.6 is 27.3 Å². The zero-order valence-corrected chi connectivity index (χ0v) is 16.7. The Kier molecular flexibility index (Phi) is 4.00. The molecule has 5 nitrogen and oxygen atoms in total. The number of rotatable bonds is 2. The highest BCUT2D eigenvalue weighted by molar-refractivity contribution is 9.10. The van der Waals surface area contributed by atoms with Crippen molar-refractivity contribution in [3.63, 3.8) is 0 Å². The summed E-state index contributed by atoms with van der Waals surface area (Å²) in [5.74, 6) is 0.433. The molecule has 1 N–H and O–H groups in total. The van der Waals surface area contributed by atoms with Gasteiger partial charge in [-0.1, -0.05) is 17.4 Å². The number of hydrogen-bond donors (Lipinski definition) is 1. The summed E-state index contributed by atoms with van der Waals surface area (Å²) in [5, 5.41) is 9.71. The summed E-state index contributed by atoms with van der Waals surface area (Å²) in [7, 11) is 1.49. The number of ether oxygens (including phenoxy) is 1. The maximum absolute atomic E-state index is 12.9. The van der Waals surface area contributed by atoms with E-state index >= 15 is 0 Å². The topological polar surface area (TPSA) is 63.8 Å². The summed E-state index contributed by atoms with van der Waals surface area (Å²) in [6.07, 6.45) is 1.78. The Morgan fingerprint density at radius 1 is 1.31 bits per heavy atom. The third kappa shape index (κ3) is 2.50. The molecule has 4 aromatic rings. The molecule has 0 atom stereocenters. The first-order chi connectivity index (χ1) is 12.4. The largest absolute Gasteiger partial charge is 0.504 e. The molecule has 0 spiro atoms. The Morgan fingerprint density at radius 3 is 2.81 bits per heavy atom. The average Bonchev–Trinajstić information content (AvgIpc) is 3.12. The van der Waals surface area contributed by atoms with E-state index in [0.29, 0.717) is 15.2 Å². The van der Waals surface area contributed by atoms with Crippen LogP contribution in [0.15, 0.2) is 33.5 Å². The SMILES string of the molecule is COc1cc(C=c2sc3nc4c(Br)c(C)c(C)cc4n3c2=O)ccc1O. The van der Waals surface area contributed by atoms with Gasteiger partial charge in [0.25, 0.3) is 5.56 Å². The van der Waals surface area contributed by atoms with Crippen LogP contribution in [0.2, 0.25) is 0 Å². The van der Waals surface area contributed by atoms with Gasteiger partial charge >= 0.3 is 0 Å². The van der Waals surface area contributed by atoms with Crippen LogP contribution in [0.3, 0.4) is 0 Å². The molecule has 7 heteroatoms. The van der Waals surface area contributed by atoms with Crippen LogP contribution in [0.1, 0.15) is 16.7 Å². The van der Waals surface area contributed by atoms with E-state index < -0.39 is 0 Å². The summed E-state index contributed by atoms with van der Waals surface area (Å²) >= 11 is 4.94. The number of methoxy groups -OCH3 is 1. The van der Waals surface area contributed by atoms with Gasteiger partial charge in [0.2, 0.25) is 0 Å². The molecule has 0 amide bonds. The Hall–Kier alpha value is -2.38. The maximum atomic E-state index is 12.9. The molecular weight excluding hydrogens is 416 g/mol. The normalized spacial score (nSPS) is 12.4. The van der Waals surface area contributed by atoms with Gasteiger partial charge in [0, 0.05) is 4.47 Å². The van der Waals surface area contributed by atoms with E-state index in [1.54, 1.807) is 28.7 Å². The molecule has 132 valence electrons. The molecule has 0 aliphatic carbocycles. The van der Waals surface area contributed by atoms with Crippen LogP contribution < -0.4 is 14.8 Å². The fourth-order valence-electron chi connectivity index (χ4n) is 2.91. The Morgan fingerprint density at radius 2 is 2.08 bits per heavy atom. The van der Waals surface area contributed by atoms with Gasteiger partial charge in [-0.3, -0.25) is 4.79 Å². The lowest BCUT2D eigenvalue weighted by atomic mass is 10.1. The van der Waals surface area contributed by atoms with Gasteiger partial charge in [0.15, 0.2) is 16.5 Å². The van der Waals surface area contributed by atoms with Crippen molar-refractivity contribution in [1.29, 1.82) is 0 Å². The van der Waals surface area contributed by atoms with Gasteiger partial charge in [0.1, 0.15) is 5.52 Å². The molecule has 4 rings (SSSR count). The van der Waals surface area contributed by atoms with Crippen molar-refractivity contribution in [1.82, 2.24) is 9.38 Å². The monoisotopic (exact) mass is 430 g/mol. The van der Waals surface area contributed by atoms with E-state index in [9.17, 15) is 9.90 Å². The van der Waals surface area contributed by atoms with E-state index in [1.807, 2.05) is 19.9 Å². The number of imidazole rings is 1. The molecule has 2 aromatic carbocycles. The number of aromatic hydroxyl groups is 1. The van der Waals surface area contributed by atoms with Crippen LogP contribution in [-0.4, -0.2) is 21.6 Å². The maximum Gasteiger partial charge on any atom is 0.274 e. The van der Waals surface area contributed by atoms with E-state index in [2.05, 4.69) is 20.9 Å². The standard InChI is InChI=1S/C19H15BrN2O3S/c1-9-6-12-17(16(20)10(9)2)21-19-22(12)18(24)15(26-19)8-11-4-5-13(23)14(7-11)25-3/h4-8,23H,1-3H3. The van der Waals surface area contributed by atoms with Crippen molar-refractivity contribution in [3.05, 3.63) is 60.3 Å². The number of hydrogen-bond acceptors (Lipinski definition) is 5. The molecule has 0 aliphatic rings. The second kappa shape index (κ2) is 6.10. The second-order valence-electron chi connectivity index (χ2n) is 6.08. The van der Waals surface area contributed by atoms with E-state index in [-0.39, 0.29) is 11.3 Å². The summed E-state index contributed by atoms with van der Waals surface area (Å²) in [5.41, 5.74) is 4.51. The first-order valence-electron chi connectivity index (χ1n) is 7.90.